The number of carbonyl (C=O) groups excluding carboxylic acids is 1. The second kappa shape index (κ2) is 4.80. The molecule has 0 fully saturated rings. The minimum absolute atomic E-state index is 0.0262. The minimum Gasteiger partial charge on any atom is -0.478 e. The standard InChI is InChI=1S/C12H15N5O3/c1-5-8-9(15-6(2)10(13)18)7(12(19)20)4-14-11(8)17(3)16-5/h4,6H,1-3H3,(H2,13,18)(H,14,15)(H,19,20). The molecule has 0 aromatic carbocycles. The Bertz CT molecular complexity index is 707. The van der Waals surface area contributed by atoms with Crippen LogP contribution in [0.1, 0.15) is 23.0 Å². The predicted octanol–water partition coefficient (Wildman–Crippen LogP) is 0.261. The Labute approximate surface area is 114 Å². The molecule has 0 bridgehead atoms. The monoisotopic (exact) mass is 277 g/mol. The first-order valence-electron chi connectivity index (χ1n) is 5.94. The summed E-state index contributed by atoms with van der Waals surface area (Å²) >= 11 is 0. The topological polar surface area (TPSA) is 123 Å². The largest absolute Gasteiger partial charge is 0.478 e. The van der Waals surface area contributed by atoms with Gasteiger partial charge >= 0.3 is 5.97 Å². The lowest BCUT2D eigenvalue weighted by Gasteiger charge is -2.15. The van der Waals surface area contributed by atoms with E-state index in [-0.39, 0.29) is 5.56 Å². The number of nitrogens with zero attached hydrogens (tertiary/aromatic N) is 3. The number of aromatic carboxylic acids is 1. The third-order valence-electron chi connectivity index (χ3n) is 3.05. The summed E-state index contributed by atoms with van der Waals surface area (Å²) in [5, 5.41) is 16.9. The molecular weight excluding hydrogens is 262 g/mol. The molecule has 8 heteroatoms. The van der Waals surface area contributed by atoms with Gasteiger partial charge in [0.1, 0.15) is 11.6 Å². The number of nitrogens with one attached hydrogen (secondary N) is 1. The van der Waals surface area contributed by atoms with Crippen LogP contribution in [-0.4, -0.2) is 37.8 Å². The van der Waals surface area contributed by atoms with E-state index < -0.39 is 17.9 Å². The van der Waals surface area contributed by atoms with Gasteiger partial charge in [-0.3, -0.25) is 9.48 Å². The number of nitrogens with two attached hydrogens (primary N) is 1. The van der Waals surface area contributed by atoms with Crippen molar-refractivity contribution in [2.45, 2.75) is 19.9 Å². The number of fused-ring (bicyclic) bond motifs is 1. The highest BCUT2D eigenvalue weighted by atomic mass is 16.4. The molecule has 0 saturated carbocycles. The van der Waals surface area contributed by atoms with Crippen LogP contribution in [0.15, 0.2) is 6.20 Å². The predicted molar refractivity (Wildman–Crippen MR) is 72.5 cm³/mol. The highest BCUT2D eigenvalue weighted by molar-refractivity contribution is 6.05. The van der Waals surface area contributed by atoms with Gasteiger partial charge < -0.3 is 16.2 Å². The second-order valence-corrected chi connectivity index (χ2v) is 4.53. The molecular formula is C12H15N5O3. The molecule has 2 heterocycles. The second-order valence-electron chi connectivity index (χ2n) is 4.53. The Hall–Kier alpha value is -2.64. The number of carboxylic acids is 1. The zero-order valence-electron chi connectivity index (χ0n) is 11.3. The third kappa shape index (κ3) is 2.15. The lowest BCUT2D eigenvalue weighted by atomic mass is 10.1. The average molecular weight is 277 g/mol. The zero-order chi connectivity index (χ0) is 15.0. The SMILES string of the molecule is Cc1nn(C)c2ncc(C(=O)O)c(NC(C)C(N)=O)c12. The number of carboxylic acid groups (broad SMARTS) is 1. The van der Waals surface area contributed by atoms with Crippen LogP contribution in [0.2, 0.25) is 0 Å². The molecule has 20 heavy (non-hydrogen) atoms. The van der Waals surface area contributed by atoms with Crippen molar-refractivity contribution >= 4 is 28.6 Å². The van der Waals surface area contributed by atoms with Gasteiger partial charge in [0.15, 0.2) is 5.65 Å². The van der Waals surface area contributed by atoms with E-state index in [9.17, 15) is 14.7 Å². The highest BCUT2D eigenvalue weighted by Crippen LogP contribution is 2.29. The van der Waals surface area contributed by atoms with E-state index in [2.05, 4.69) is 15.4 Å². The molecule has 2 aromatic rings. The fourth-order valence-corrected chi connectivity index (χ4v) is 2.01. The van der Waals surface area contributed by atoms with Gasteiger partial charge in [-0.2, -0.15) is 5.10 Å². The molecule has 2 aromatic heterocycles. The highest BCUT2D eigenvalue weighted by Gasteiger charge is 2.21. The average Bonchev–Trinajstić information content (AvgIpc) is 2.65. The summed E-state index contributed by atoms with van der Waals surface area (Å²) in [5.74, 6) is -1.71. The molecule has 1 unspecified atom stereocenters. The van der Waals surface area contributed by atoms with Crippen LogP contribution in [0.4, 0.5) is 5.69 Å². The van der Waals surface area contributed by atoms with Gasteiger partial charge in [-0.1, -0.05) is 0 Å². The summed E-state index contributed by atoms with van der Waals surface area (Å²) in [6, 6.07) is -0.710. The summed E-state index contributed by atoms with van der Waals surface area (Å²) in [5.41, 5.74) is 6.65. The first-order valence-corrected chi connectivity index (χ1v) is 5.94. The Morgan fingerprint density at radius 3 is 2.70 bits per heavy atom. The van der Waals surface area contributed by atoms with Crippen molar-refractivity contribution in [3.63, 3.8) is 0 Å². The summed E-state index contributed by atoms with van der Waals surface area (Å²) in [6.45, 7) is 3.31. The van der Waals surface area contributed by atoms with Crippen molar-refractivity contribution in [1.29, 1.82) is 0 Å². The molecule has 8 nitrogen and oxygen atoms in total. The van der Waals surface area contributed by atoms with Gasteiger partial charge in [-0.15, -0.1) is 0 Å². The smallest absolute Gasteiger partial charge is 0.339 e. The normalized spacial score (nSPS) is 12.3. The Kier molecular flexibility index (Phi) is 3.31. The lowest BCUT2D eigenvalue weighted by Crippen LogP contribution is -2.33. The molecule has 106 valence electrons. The summed E-state index contributed by atoms with van der Waals surface area (Å²) < 4.78 is 1.55. The van der Waals surface area contributed by atoms with Crippen LogP contribution in [0.5, 0.6) is 0 Å². The van der Waals surface area contributed by atoms with E-state index in [0.29, 0.717) is 22.4 Å². The van der Waals surface area contributed by atoms with Gasteiger partial charge in [-0.05, 0) is 13.8 Å². The lowest BCUT2D eigenvalue weighted by molar-refractivity contribution is -0.118. The number of rotatable bonds is 4. The number of aromatic nitrogens is 3. The van der Waals surface area contributed by atoms with Crippen molar-refractivity contribution in [2.75, 3.05) is 5.32 Å². The van der Waals surface area contributed by atoms with Crippen LogP contribution < -0.4 is 11.1 Å². The van der Waals surface area contributed by atoms with Gasteiger partial charge in [0.2, 0.25) is 5.91 Å². The van der Waals surface area contributed by atoms with E-state index in [1.807, 2.05) is 0 Å². The van der Waals surface area contributed by atoms with E-state index in [1.165, 1.54) is 6.20 Å². The van der Waals surface area contributed by atoms with Gasteiger partial charge in [0.05, 0.1) is 16.8 Å². The molecule has 0 aliphatic heterocycles. The van der Waals surface area contributed by atoms with E-state index in [0.717, 1.165) is 0 Å². The molecule has 0 saturated heterocycles. The Morgan fingerprint density at radius 2 is 2.15 bits per heavy atom. The van der Waals surface area contributed by atoms with E-state index in [4.69, 9.17) is 5.73 Å². The molecule has 0 radical (unpaired) electrons. The van der Waals surface area contributed by atoms with Crippen LogP contribution in [0.25, 0.3) is 11.0 Å². The number of pyridine rings is 1. The molecule has 1 amide bonds. The number of carbonyl (C=O) groups is 2. The zero-order valence-corrected chi connectivity index (χ0v) is 11.3. The maximum atomic E-state index is 11.3. The maximum Gasteiger partial charge on any atom is 0.339 e. The van der Waals surface area contributed by atoms with E-state index in [1.54, 1.807) is 25.6 Å². The van der Waals surface area contributed by atoms with Gasteiger partial charge in [-0.25, -0.2) is 9.78 Å². The number of aryl methyl sites for hydroxylation is 2. The number of anilines is 1. The van der Waals surface area contributed by atoms with Gasteiger partial charge in [0.25, 0.3) is 0 Å². The van der Waals surface area contributed by atoms with Crippen molar-refractivity contribution < 1.29 is 14.7 Å². The minimum atomic E-state index is -1.14. The van der Waals surface area contributed by atoms with Crippen molar-refractivity contribution in [2.24, 2.45) is 12.8 Å². The third-order valence-corrected chi connectivity index (χ3v) is 3.05. The molecule has 2 rings (SSSR count). The van der Waals surface area contributed by atoms with Crippen LogP contribution in [0.3, 0.4) is 0 Å². The van der Waals surface area contributed by atoms with E-state index >= 15 is 0 Å². The summed E-state index contributed by atoms with van der Waals surface area (Å²) in [6.07, 6.45) is 1.24. The number of hydrogen-bond acceptors (Lipinski definition) is 5. The quantitative estimate of drug-likeness (QED) is 0.736. The molecule has 4 N–H and O–H groups in total. The van der Waals surface area contributed by atoms with Crippen LogP contribution >= 0.6 is 0 Å². The first-order chi connectivity index (χ1) is 9.32. The molecule has 0 aliphatic carbocycles. The van der Waals surface area contributed by atoms with Gasteiger partial charge in [0, 0.05) is 13.2 Å². The first kappa shape index (κ1) is 13.8. The number of amides is 1. The maximum absolute atomic E-state index is 11.3. The molecule has 0 spiro atoms. The summed E-state index contributed by atoms with van der Waals surface area (Å²) in [4.78, 5) is 26.6. The molecule has 0 aliphatic rings. The van der Waals surface area contributed by atoms with Crippen LogP contribution in [0, 0.1) is 6.92 Å². The fourth-order valence-electron chi connectivity index (χ4n) is 2.01. The number of hydrogen-bond donors (Lipinski definition) is 3. The Balaban J connectivity index is 2.71. The van der Waals surface area contributed by atoms with Crippen molar-refractivity contribution in [3.05, 3.63) is 17.5 Å². The number of primary amides is 1. The van der Waals surface area contributed by atoms with Crippen molar-refractivity contribution in [1.82, 2.24) is 14.8 Å². The Morgan fingerprint density at radius 1 is 1.50 bits per heavy atom. The van der Waals surface area contributed by atoms with Crippen LogP contribution in [-0.2, 0) is 11.8 Å². The van der Waals surface area contributed by atoms with Crippen molar-refractivity contribution in [3.8, 4) is 0 Å². The molecule has 1 atom stereocenters. The fraction of sp³-hybridized carbons (Fsp3) is 0.333. The summed E-state index contributed by atoms with van der Waals surface area (Å²) in [7, 11) is 1.71.